The van der Waals surface area contributed by atoms with E-state index in [1.807, 2.05) is 6.07 Å². The smallest absolute Gasteiger partial charge is 0.0761 e. The number of likely N-dealkylation sites (N-methyl/N-ethyl adjacent to an activating group) is 1. The van der Waals surface area contributed by atoms with Gasteiger partial charge in [0, 0.05) is 12.3 Å². The minimum Gasteiger partial charge on any atom is -0.391 e. The molecule has 0 amide bonds. The molecule has 0 aliphatic heterocycles. The molecule has 0 aliphatic carbocycles. The number of hydrogen-bond acceptors (Lipinski definition) is 4. The molecule has 1 heterocycles. The van der Waals surface area contributed by atoms with E-state index in [9.17, 15) is 5.11 Å². The number of aliphatic hydroxyl groups is 1. The zero-order valence-electron chi connectivity index (χ0n) is 9.35. The van der Waals surface area contributed by atoms with Crippen LogP contribution in [0, 0.1) is 0 Å². The Kier molecular flexibility index (Phi) is 6.32. The fourth-order valence-corrected chi connectivity index (χ4v) is 3.08. The minimum absolute atomic E-state index is 0.225. The molecule has 0 aromatic carbocycles. The third kappa shape index (κ3) is 5.02. The number of aliphatic hydroxyl groups excluding tert-OH is 1. The van der Waals surface area contributed by atoms with Gasteiger partial charge in [-0.15, -0.1) is 23.1 Å². The van der Waals surface area contributed by atoms with E-state index >= 15 is 0 Å². The quantitative estimate of drug-likeness (QED) is 0.747. The largest absolute Gasteiger partial charge is 0.391 e. The number of nitrogens with zero attached hydrogens (tertiary/aromatic N) is 1. The van der Waals surface area contributed by atoms with Crippen molar-refractivity contribution >= 4 is 23.1 Å². The lowest BCUT2D eigenvalue weighted by molar-refractivity contribution is 0.137. The van der Waals surface area contributed by atoms with Gasteiger partial charge in [0.25, 0.3) is 0 Å². The molecule has 0 aliphatic rings. The van der Waals surface area contributed by atoms with E-state index in [1.165, 1.54) is 4.21 Å². The number of thiophene rings is 1. The van der Waals surface area contributed by atoms with Crippen molar-refractivity contribution in [3.05, 3.63) is 17.5 Å². The summed E-state index contributed by atoms with van der Waals surface area (Å²) in [6, 6.07) is 4.14. The van der Waals surface area contributed by atoms with Crippen molar-refractivity contribution in [3.63, 3.8) is 0 Å². The highest BCUT2D eigenvalue weighted by Crippen LogP contribution is 2.23. The zero-order valence-corrected chi connectivity index (χ0v) is 11.0. The summed E-state index contributed by atoms with van der Waals surface area (Å²) in [7, 11) is 0. The van der Waals surface area contributed by atoms with Crippen LogP contribution in [0.1, 0.15) is 13.8 Å². The van der Waals surface area contributed by atoms with Gasteiger partial charge in [-0.3, -0.25) is 0 Å². The first-order chi connectivity index (χ1) is 7.26. The molecule has 2 nitrogen and oxygen atoms in total. The Hall–Kier alpha value is -0.0300. The fourth-order valence-electron chi connectivity index (χ4n) is 1.36. The first-order valence-corrected chi connectivity index (χ1v) is 7.19. The van der Waals surface area contributed by atoms with Crippen LogP contribution in [-0.4, -0.2) is 41.5 Å². The van der Waals surface area contributed by atoms with Crippen LogP contribution in [0.3, 0.4) is 0 Å². The lowest BCUT2D eigenvalue weighted by atomic mass is 10.3. The van der Waals surface area contributed by atoms with Gasteiger partial charge in [-0.05, 0) is 24.5 Å². The highest BCUT2D eigenvalue weighted by Gasteiger charge is 2.09. The maximum Gasteiger partial charge on any atom is 0.0761 e. The summed E-state index contributed by atoms with van der Waals surface area (Å²) >= 11 is 3.47. The predicted octanol–water partition coefficient (Wildman–Crippen LogP) is 2.54. The number of rotatable bonds is 7. The maximum atomic E-state index is 9.82. The molecule has 1 aromatic rings. The predicted molar refractivity (Wildman–Crippen MR) is 68.8 cm³/mol. The number of hydrogen-bond donors (Lipinski definition) is 1. The molecule has 1 unspecified atom stereocenters. The van der Waals surface area contributed by atoms with Crippen molar-refractivity contribution in [1.82, 2.24) is 4.90 Å². The summed E-state index contributed by atoms with van der Waals surface area (Å²) in [6.45, 7) is 7.06. The van der Waals surface area contributed by atoms with E-state index in [2.05, 4.69) is 30.2 Å². The van der Waals surface area contributed by atoms with E-state index in [4.69, 9.17) is 0 Å². The highest BCUT2D eigenvalue weighted by molar-refractivity contribution is 8.01. The van der Waals surface area contributed by atoms with Gasteiger partial charge in [0.2, 0.25) is 0 Å². The van der Waals surface area contributed by atoms with Crippen LogP contribution >= 0.6 is 23.1 Å². The molecule has 0 bridgehead atoms. The third-order valence-corrected chi connectivity index (χ3v) is 4.55. The summed E-state index contributed by atoms with van der Waals surface area (Å²) in [5.74, 6) is 0.789. The van der Waals surface area contributed by atoms with Crippen LogP contribution in [0.2, 0.25) is 0 Å². The van der Waals surface area contributed by atoms with Gasteiger partial charge in [-0.1, -0.05) is 19.9 Å². The van der Waals surface area contributed by atoms with Crippen molar-refractivity contribution in [2.24, 2.45) is 0 Å². The summed E-state index contributed by atoms with van der Waals surface area (Å²) in [5, 5.41) is 11.9. The Bertz CT molecular complexity index is 247. The molecule has 15 heavy (non-hydrogen) atoms. The highest BCUT2D eigenvalue weighted by atomic mass is 32.2. The lowest BCUT2D eigenvalue weighted by Crippen LogP contribution is -2.33. The van der Waals surface area contributed by atoms with Gasteiger partial charge < -0.3 is 10.0 Å². The topological polar surface area (TPSA) is 23.5 Å². The Balaban J connectivity index is 2.21. The van der Waals surface area contributed by atoms with Gasteiger partial charge in [0.05, 0.1) is 10.3 Å². The van der Waals surface area contributed by atoms with E-state index in [0.717, 1.165) is 25.4 Å². The zero-order chi connectivity index (χ0) is 11.1. The summed E-state index contributed by atoms with van der Waals surface area (Å²) in [5.41, 5.74) is 0. The average molecular weight is 245 g/mol. The Morgan fingerprint density at radius 3 is 2.73 bits per heavy atom. The van der Waals surface area contributed by atoms with Crippen molar-refractivity contribution < 1.29 is 5.11 Å². The third-order valence-electron chi connectivity index (χ3n) is 2.28. The first-order valence-electron chi connectivity index (χ1n) is 5.33. The lowest BCUT2D eigenvalue weighted by Gasteiger charge is -2.21. The summed E-state index contributed by atoms with van der Waals surface area (Å²) in [6.07, 6.45) is -0.225. The summed E-state index contributed by atoms with van der Waals surface area (Å²) < 4.78 is 1.29. The van der Waals surface area contributed by atoms with Gasteiger partial charge >= 0.3 is 0 Å². The second-order valence-electron chi connectivity index (χ2n) is 3.38. The van der Waals surface area contributed by atoms with Gasteiger partial charge in [0.15, 0.2) is 0 Å². The van der Waals surface area contributed by atoms with Gasteiger partial charge in [-0.25, -0.2) is 0 Å². The van der Waals surface area contributed by atoms with Gasteiger partial charge in [-0.2, -0.15) is 0 Å². The normalized spacial score (nSPS) is 13.3. The van der Waals surface area contributed by atoms with E-state index in [1.54, 1.807) is 23.1 Å². The average Bonchev–Trinajstić information content (AvgIpc) is 2.75. The molecule has 0 spiro atoms. The van der Waals surface area contributed by atoms with Crippen molar-refractivity contribution in [2.75, 3.05) is 25.4 Å². The van der Waals surface area contributed by atoms with E-state index in [0.29, 0.717) is 0 Å². The molecule has 1 rings (SSSR count). The molecule has 0 fully saturated rings. The Morgan fingerprint density at radius 1 is 1.47 bits per heavy atom. The first kappa shape index (κ1) is 13.0. The molecular formula is C11H19NOS2. The molecule has 1 atom stereocenters. The Labute approximate surface area is 100 Å². The van der Waals surface area contributed by atoms with Crippen LogP contribution in [0.4, 0.5) is 0 Å². The molecule has 1 N–H and O–H groups in total. The number of thioether (sulfide) groups is 1. The van der Waals surface area contributed by atoms with E-state index < -0.39 is 0 Å². The minimum atomic E-state index is -0.225. The SMILES string of the molecule is CCN(CC)CC(O)CSc1cccs1. The summed E-state index contributed by atoms with van der Waals surface area (Å²) in [4.78, 5) is 2.25. The van der Waals surface area contributed by atoms with Crippen molar-refractivity contribution in [1.29, 1.82) is 0 Å². The molecule has 1 aromatic heterocycles. The molecule has 0 saturated heterocycles. The van der Waals surface area contributed by atoms with Crippen LogP contribution in [0.25, 0.3) is 0 Å². The second-order valence-corrected chi connectivity index (χ2v) is 5.65. The van der Waals surface area contributed by atoms with Crippen LogP contribution in [-0.2, 0) is 0 Å². The van der Waals surface area contributed by atoms with Crippen LogP contribution in [0.15, 0.2) is 21.7 Å². The molecule has 0 saturated carbocycles. The van der Waals surface area contributed by atoms with Crippen molar-refractivity contribution in [2.45, 2.75) is 24.2 Å². The van der Waals surface area contributed by atoms with Crippen LogP contribution < -0.4 is 0 Å². The van der Waals surface area contributed by atoms with Crippen molar-refractivity contribution in [3.8, 4) is 0 Å². The molecule has 4 heteroatoms. The van der Waals surface area contributed by atoms with Gasteiger partial charge in [0.1, 0.15) is 0 Å². The standard InChI is InChI=1S/C11H19NOS2/c1-3-12(4-2)8-10(13)9-15-11-6-5-7-14-11/h5-7,10,13H,3-4,8-9H2,1-2H3. The van der Waals surface area contributed by atoms with E-state index in [-0.39, 0.29) is 6.10 Å². The molecule has 0 radical (unpaired) electrons. The monoisotopic (exact) mass is 245 g/mol. The molecular weight excluding hydrogens is 226 g/mol. The molecule has 86 valence electrons. The second kappa shape index (κ2) is 7.28. The maximum absolute atomic E-state index is 9.82. The Morgan fingerprint density at radius 2 is 2.20 bits per heavy atom. The fraction of sp³-hybridized carbons (Fsp3) is 0.636. The van der Waals surface area contributed by atoms with Crippen LogP contribution in [0.5, 0.6) is 0 Å².